The van der Waals surface area contributed by atoms with Crippen LogP contribution in [0.4, 0.5) is 5.82 Å². The first-order valence-electron chi connectivity index (χ1n) is 5.51. The fraction of sp³-hybridized carbons (Fsp3) is 0.250. The van der Waals surface area contributed by atoms with Crippen molar-refractivity contribution in [1.29, 1.82) is 0 Å². The minimum atomic E-state index is -0.0259. The van der Waals surface area contributed by atoms with Crippen LogP contribution in [0.5, 0.6) is 0 Å². The minimum Gasteiger partial charge on any atom is -0.311 e. The number of nitrogens with one attached hydrogen (secondary N) is 2. The van der Waals surface area contributed by atoms with Crippen molar-refractivity contribution in [3.8, 4) is 0 Å². The number of fused-ring (bicyclic) bond motifs is 1. The molecule has 5 nitrogen and oxygen atoms in total. The van der Waals surface area contributed by atoms with E-state index < -0.39 is 0 Å². The van der Waals surface area contributed by atoms with Crippen molar-refractivity contribution >= 4 is 28.8 Å². The van der Waals surface area contributed by atoms with E-state index in [4.69, 9.17) is 0 Å². The molecule has 0 saturated heterocycles. The molecule has 5 heteroatoms. The number of anilines is 1. The molecule has 0 unspecified atom stereocenters. The standard InChI is InChI=1S/C12H14N4O/c1-3-5-10(17)14-12-9-6-8(4-2)7-13-11(9)15-16-12/h4,6-7H,2-3,5H2,1H3,(H2,13,14,15,16,17). The summed E-state index contributed by atoms with van der Waals surface area (Å²) in [7, 11) is 0. The summed E-state index contributed by atoms with van der Waals surface area (Å²) in [4.78, 5) is 15.7. The molecule has 2 aromatic rings. The van der Waals surface area contributed by atoms with Crippen LogP contribution in [0.25, 0.3) is 17.1 Å². The summed E-state index contributed by atoms with van der Waals surface area (Å²) in [5, 5.41) is 10.4. The van der Waals surface area contributed by atoms with Crippen molar-refractivity contribution in [2.75, 3.05) is 5.32 Å². The zero-order chi connectivity index (χ0) is 12.3. The Morgan fingerprint density at radius 1 is 1.65 bits per heavy atom. The van der Waals surface area contributed by atoms with E-state index >= 15 is 0 Å². The van der Waals surface area contributed by atoms with Crippen molar-refractivity contribution in [2.24, 2.45) is 0 Å². The van der Waals surface area contributed by atoms with E-state index in [0.717, 1.165) is 17.4 Å². The van der Waals surface area contributed by atoms with Gasteiger partial charge in [0.15, 0.2) is 5.65 Å². The van der Waals surface area contributed by atoms with Crippen LogP contribution in [-0.2, 0) is 4.79 Å². The topological polar surface area (TPSA) is 70.7 Å². The minimum absolute atomic E-state index is 0.0259. The Kier molecular flexibility index (Phi) is 3.18. The van der Waals surface area contributed by atoms with Crippen LogP contribution >= 0.6 is 0 Å². The van der Waals surface area contributed by atoms with E-state index in [0.29, 0.717) is 17.9 Å². The number of rotatable bonds is 4. The molecule has 2 rings (SSSR count). The predicted molar refractivity (Wildman–Crippen MR) is 67.5 cm³/mol. The lowest BCUT2D eigenvalue weighted by Crippen LogP contribution is -2.11. The van der Waals surface area contributed by atoms with Gasteiger partial charge in [-0.05, 0) is 18.1 Å². The van der Waals surface area contributed by atoms with Crippen LogP contribution in [0.3, 0.4) is 0 Å². The molecule has 17 heavy (non-hydrogen) atoms. The second-order valence-corrected chi connectivity index (χ2v) is 3.74. The van der Waals surface area contributed by atoms with E-state index in [1.165, 1.54) is 0 Å². The monoisotopic (exact) mass is 230 g/mol. The average Bonchev–Trinajstić information content (AvgIpc) is 2.72. The SMILES string of the molecule is C=Cc1cnc2n[nH]c(NC(=O)CCC)c2c1. The summed E-state index contributed by atoms with van der Waals surface area (Å²) in [6.45, 7) is 5.64. The third kappa shape index (κ3) is 2.33. The maximum atomic E-state index is 11.5. The Morgan fingerprint density at radius 3 is 3.18 bits per heavy atom. The lowest BCUT2D eigenvalue weighted by atomic mass is 10.2. The second kappa shape index (κ2) is 4.78. The largest absolute Gasteiger partial charge is 0.311 e. The lowest BCUT2D eigenvalue weighted by molar-refractivity contribution is -0.116. The lowest BCUT2D eigenvalue weighted by Gasteiger charge is -2.01. The molecule has 2 aromatic heterocycles. The number of aromatic nitrogens is 3. The molecule has 2 heterocycles. The van der Waals surface area contributed by atoms with Crippen molar-refractivity contribution in [2.45, 2.75) is 19.8 Å². The number of pyridine rings is 1. The molecular formula is C12H14N4O. The van der Waals surface area contributed by atoms with Gasteiger partial charge in [-0.1, -0.05) is 19.6 Å². The van der Waals surface area contributed by atoms with Gasteiger partial charge in [-0.25, -0.2) is 4.98 Å². The van der Waals surface area contributed by atoms with Crippen LogP contribution < -0.4 is 5.32 Å². The Balaban J connectivity index is 2.34. The van der Waals surface area contributed by atoms with Crippen LogP contribution in [0.15, 0.2) is 18.8 Å². The first-order chi connectivity index (χ1) is 8.24. The van der Waals surface area contributed by atoms with Gasteiger partial charge in [0.2, 0.25) is 5.91 Å². The molecule has 0 atom stereocenters. The molecule has 0 spiro atoms. The summed E-state index contributed by atoms with van der Waals surface area (Å²) in [5.74, 6) is 0.566. The molecule has 0 aliphatic carbocycles. The van der Waals surface area contributed by atoms with Gasteiger partial charge in [0.25, 0.3) is 0 Å². The van der Waals surface area contributed by atoms with E-state index in [9.17, 15) is 4.79 Å². The fourth-order valence-corrected chi connectivity index (χ4v) is 1.55. The van der Waals surface area contributed by atoms with Crippen molar-refractivity contribution in [1.82, 2.24) is 15.2 Å². The van der Waals surface area contributed by atoms with Crippen molar-refractivity contribution < 1.29 is 4.79 Å². The van der Waals surface area contributed by atoms with Gasteiger partial charge in [0.1, 0.15) is 5.82 Å². The Labute approximate surface area is 98.9 Å². The normalized spacial score (nSPS) is 10.4. The molecule has 0 saturated carbocycles. The van der Waals surface area contributed by atoms with E-state index in [2.05, 4.69) is 27.1 Å². The summed E-state index contributed by atoms with van der Waals surface area (Å²) in [6, 6.07) is 1.89. The zero-order valence-electron chi connectivity index (χ0n) is 9.66. The number of aromatic amines is 1. The first kappa shape index (κ1) is 11.3. The summed E-state index contributed by atoms with van der Waals surface area (Å²) < 4.78 is 0. The number of hydrogen-bond acceptors (Lipinski definition) is 3. The molecule has 2 N–H and O–H groups in total. The first-order valence-corrected chi connectivity index (χ1v) is 5.51. The van der Waals surface area contributed by atoms with Crippen LogP contribution in [0, 0.1) is 0 Å². The highest BCUT2D eigenvalue weighted by atomic mass is 16.1. The third-order valence-corrected chi connectivity index (χ3v) is 2.41. The fourth-order valence-electron chi connectivity index (χ4n) is 1.55. The summed E-state index contributed by atoms with van der Waals surface area (Å²) in [5.41, 5.74) is 1.48. The van der Waals surface area contributed by atoms with Crippen LogP contribution in [0.1, 0.15) is 25.3 Å². The Morgan fingerprint density at radius 2 is 2.47 bits per heavy atom. The second-order valence-electron chi connectivity index (χ2n) is 3.74. The molecule has 0 aliphatic rings. The van der Waals surface area contributed by atoms with Gasteiger partial charge in [-0.3, -0.25) is 9.89 Å². The van der Waals surface area contributed by atoms with E-state index in [1.807, 2.05) is 13.0 Å². The van der Waals surface area contributed by atoms with Gasteiger partial charge in [-0.2, -0.15) is 5.10 Å². The number of nitrogens with zero attached hydrogens (tertiary/aromatic N) is 2. The summed E-state index contributed by atoms with van der Waals surface area (Å²) in [6.07, 6.45) is 4.70. The average molecular weight is 230 g/mol. The van der Waals surface area contributed by atoms with Gasteiger partial charge in [-0.15, -0.1) is 0 Å². The number of hydrogen-bond donors (Lipinski definition) is 2. The number of carbonyl (C=O) groups is 1. The predicted octanol–water partition coefficient (Wildman–Crippen LogP) is 2.34. The van der Waals surface area contributed by atoms with Gasteiger partial charge in [0.05, 0.1) is 5.39 Å². The number of carbonyl (C=O) groups excluding carboxylic acids is 1. The highest BCUT2D eigenvalue weighted by Gasteiger charge is 2.09. The quantitative estimate of drug-likeness (QED) is 0.846. The van der Waals surface area contributed by atoms with Gasteiger partial charge >= 0.3 is 0 Å². The molecule has 0 radical (unpaired) electrons. The van der Waals surface area contributed by atoms with Crippen molar-refractivity contribution in [3.63, 3.8) is 0 Å². The smallest absolute Gasteiger partial charge is 0.225 e. The third-order valence-electron chi connectivity index (χ3n) is 2.41. The Hall–Kier alpha value is -2.17. The molecule has 0 aliphatic heterocycles. The van der Waals surface area contributed by atoms with Gasteiger partial charge < -0.3 is 5.32 Å². The summed E-state index contributed by atoms with van der Waals surface area (Å²) >= 11 is 0. The zero-order valence-corrected chi connectivity index (χ0v) is 9.66. The molecule has 0 aromatic carbocycles. The molecule has 1 amide bonds. The highest BCUT2D eigenvalue weighted by molar-refractivity contribution is 5.98. The number of amides is 1. The van der Waals surface area contributed by atoms with E-state index in [-0.39, 0.29) is 5.91 Å². The maximum Gasteiger partial charge on any atom is 0.225 e. The van der Waals surface area contributed by atoms with Gasteiger partial charge in [0, 0.05) is 12.6 Å². The highest BCUT2D eigenvalue weighted by Crippen LogP contribution is 2.20. The molecular weight excluding hydrogens is 216 g/mol. The molecule has 0 fully saturated rings. The van der Waals surface area contributed by atoms with Crippen molar-refractivity contribution in [3.05, 3.63) is 24.4 Å². The van der Waals surface area contributed by atoms with E-state index in [1.54, 1.807) is 12.3 Å². The van der Waals surface area contributed by atoms with Crippen LogP contribution in [-0.4, -0.2) is 21.1 Å². The van der Waals surface area contributed by atoms with Crippen LogP contribution in [0.2, 0.25) is 0 Å². The Bertz CT molecular complexity index is 559. The molecule has 88 valence electrons. The number of H-pyrrole nitrogens is 1. The molecule has 0 bridgehead atoms. The maximum absolute atomic E-state index is 11.5.